The highest BCUT2D eigenvalue weighted by molar-refractivity contribution is 9.11. The number of halogens is 2. The smallest absolute Gasteiger partial charge is 0.262 e. The molecule has 22 heavy (non-hydrogen) atoms. The van der Waals surface area contributed by atoms with Gasteiger partial charge in [0.05, 0.1) is 10.2 Å². The Kier molecular flexibility index (Phi) is 5.74. The van der Waals surface area contributed by atoms with Crippen molar-refractivity contribution >= 4 is 49.2 Å². The van der Waals surface area contributed by atoms with E-state index in [1.54, 1.807) is 30.3 Å². The number of hydrogen-bond acceptors (Lipinski definition) is 3. The average molecular weight is 427 g/mol. The number of ether oxygens (including phenoxy) is 1. The molecule has 0 aromatic heterocycles. The summed E-state index contributed by atoms with van der Waals surface area (Å²) in [5.41, 5.74) is 0.958. The zero-order chi connectivity index (χ0) is 16.1. The molecule has 0 saturated heterocycles. The SMILES string of the molecule is CC(=O)c1ccccc1NC(=O)COc1ccc(Br)cc1Br. The van der Waals surface area contributed by atoms with Crippen LogP contribution in [-0.4, -0.2) is 18.3 Å². The second-order valence-corrected chi connectivity index (χ2v) is 6.28. The van der Waals surface area contributed by atoms with E-state index in [1.165, 1.54) is 6.92 Å². The van der Waals surface area contributed by atoms with E-state index in [2.05, 4.69) is 37.2 Å². The maximum Gasteiger partial charge on any atom is 0.262 e. The Balaban J connectivity index is 2.00. The van der Waals surface area contributed by atoms with Gasteiger partial charge in [0.25, 0.3) is 5.91 Å². The molecule has 0 spiro atoms. The molecule has 0 unspecified atom stereocenters. The minimum atomic E-state index is -0.330. The van der Waals surface area contributed by atoms with Crippen LogP contribution in [0.3, 0.4) is 0 Å². The summed E-state index contributed by atoms with van der Waals surface area (Å²) in [6.45, 7) is 1.31. The Morgan fingerprint density at radius 1 is 1.14 bits per heavy atom. The maximum absolute atomic E-state index is 12.0. The summed E-state index contributed by atoms with van der Waals surface area (Å²) in [5, 5.41) is 2.68. The van der Waals surface area contributed by atoms with E-state index in [9.17, 15) is 9.59 Å². The third-order valence-electron chi connectivity index (χ3n) is 2.83. The van der Waals surface area contributed by atoms with Gasteiger partial charge in [-0.3, -0.25) is 9.59 Å². The third kappa shape index (κ3) is 4.42. The van der Waals surface area contributed by atoms with E-state index in [0.717, 1.165) is 8.95 Å². The third-order valence-corrected chi connectivity index (χ3v) is 3.95. The summed E-state index contributed by atoms with van der Waals surface area (Å²) in [6, 6.07) is 12.3. The first kappa shape index (κ1) is 16.7. The van der Waals surface area contributed by atoms with E-state index in [-0.39, 0.29) is 18.3 Å². The number of nitrogens with one attached hydrogen (secondary N) is 1. The average Bonchev–Trinajstić information content (AvgIpc) is 2.46. The topological polar surface area (TPSA) is 55.4 Å². The van der Waals surface area contributed by atoms with Gasteiger partial charge < -0.3 is 10.1 Å². The molecule has 2 aromatic carbocycles. The molecule has 0 heterocycles. The van der Waals surface area contributed by atoms with Gasteiger partial charge in [0.2, 0.25) is 0 Å². The first-order valence-electron chi connectivity index (χ1n) is 6.45. The van der Waals surface area contributed by atoms with Crippen LogP contribution in [0.2, 0.25) is 0 Å². The summed E-state index contributed by atoms with van der Waals surface area (Å²) in [6.07, 6.45) is 0. The predicted octanol–water partition coefficient (Wildman–Crippen LogP) is 4.43. The van der Waals surface area contributed by atoms with Gasteiger partial charge in [-0.1, -0.05) is 28.1 Å². The van der Waals surface area contributed by atoms with Crippen molar-refractivity contribution in [2.75, 3.05) is 11.9 Å². The van der Waals surface area contributed by atoms with Crippen LogP contribution >= 0.6 is 31.9 Å². The highest BCUT2D eigenvalue weighted by atomic mass is 79.9. The summed E-state index contributed by atoms with van der Waals surface area (Å²) in [4.78, 5) is 23.5. The number of carbonyl (C=O) groups is 2. The molecule has 0 radical (unpaired) electrons. The zero-order valence-electron chi connectivity index (χ0n) is 11.7. The predicted molar refractivity (Wildman–Crippen MR) is 92.4 cm³/mol. The fourth-order valence-electron chi connectivity index (χ4n) is 1.82. The number of anilines is 1. The first-order valence-corrected chi connectivity index (χ1v) is 8.03. The minimum absolute atomic E-state index is 0.104. The van der Waals surface area contributed by atoms with E-state index in [0.29, 0.717) is 17.0 Å². The first-order chi connectivity index (χ1) is 10.5. The molecule has 4 nitrogen and oxygen atoms in total. The van der Waals surface area contributed by atoms with Crippen molar-refractivity contribution in [2.24, 2.45) is 0 Å². The molecule has 0 bridgehead atoms. The lowest BCUT2D eigenvalue weighted by Crippen LogP contribution is -2.21. The van der Waals surface area contributed by atoms with E-state index in [1.807, 2.05) is 12.1 Å². The van der Waals surface area contributed by atoms with Gasteiger partial charge >= 0.3 is 0 Å². The summed E-state index contributed by atoms with van der Waals surface area (Å²) < 4.78 is 7.12. The molecule has 0 atom stereocenters. The van der Waals surface area contributed by atoms with Crippen molar-refractivity contribution in [3.63, 3.8) is 0 Å². The van der Waals surface area contributed by atoms with Crippen LogP contribution in [0.4, 0.5) is 5.69 Å². The van der Waals surface area contributed by atoms with E-state index < -0.39 is 0 Å². The molecular formula is C16H13Br2NO3. The van der Waals surface area contributed by atoms with E-state index in [4.69, 9.17) is 4.74 Å². The Morgan fingerprint density at radius 3 is 2.55 bits per heavy atom. The van der Waals surface area contributed by atoms with Crippen LogP contribution in [-0.2, 0) is 4.79 Å². The molecule has 0 aliphatic rings. The van der Waals surface area contributed by atoms with Crippen LogP contribution in [0, 0.1) is 0 Å². The molecule has 2 rings (SSSR count). The minimum Gasteiger partial charge on any atom is -0.483 e. The van der Waals surface area contributed by atoms with Gasteiger partial charge in [-0.15, -0.1) is 0 Å². The molecule has 0 aliphatic heterocycles. The number of para-hydroxylation sites is 1. The lowest BCUT2D eigenvalue weighted by atomic mass is 10.1. The highest BCUT2D eigenvalue weighted by Crippen LogP contribution is 2.28. The Labute approximate surface area is 145 Å². The fraction of sp³-hybridized carbons (Fsp3) is 0.125. The van der Waals surface area contributed by atoms with Crippen LogP contribution in [0.25, 0.3) is 0 Å². The van der Waals surface area contributed by atoms with Crippen LogP contribution in [0.1, 0.15) is 17.3 Å². The van der Waals surface area contributed by atoms with Crippen LogP contribution < -0.4 is 10.1 Å². The number of amides is 1. The Hall–Kier alpha value is -1.66. The highest BCUT2D eigenvalue weighted by Gasteiger charge is 2.11. The van der Waals surface area contributed by atoms with Gasteiger partial charge in [-0.2, -0.15) is 0 Å². The van der Waals surface area contributed by atoms with Gasteiger partial charge in [0.1, 0.15) is 5.75 Å². The number of hydrogen-bond donors (Lipinski definition) is 1. The molecule has 114 valence electrons. The molecule has 0 saturated carbocycles. The number of carbonyl (C=O) groups excluding carboxylic acids is 2. The lowest BCUT2D eigenvalue weighted by molar-refractivity contribution is -0.118. The molecule has 6 heteroatoms. The van der Waals surface area contributed by atoms with Gasteiger partial charge in [-0.25, -0.2) is 0 Å². The van der Waals surface area contributed by atoms with Crippen LogP contribution in [0.15, 0.2) is 51.4 Å². The second-order valence-electron chi connectivity index (χ2n) is 4.51. The lowest BCUT2D eigenvalue weighted by Gasteiger charge is -2.11. The number of Topliss-reactive ketones (excluding diaryl/α,β-unsaturated/α-hetero) is 1. The van der Waals surface area contributed by atoms with Crippen molar-refractivity contribution in [1.29, 1.82) is 0 Å². The summed E-state index contributed by atoms with van der Waals surface area (Å²) in [5.74, 6) is 0.134. The normalized spacial score (nSPS) is 10.1. The number of ketones is 1. The standard InChI is InChI=1S/C16H13Br2NO3/c1-10(20)12-4-2-3-5-14(12)19-16(21)9-22-15-7-6-11(17)8-13(15)18/h2-8H,9H2,1H3,(H,19,21). The molecule has 1 amide bonds. The Bertz CT molecular complexity index is 716. The zero-order valence-corrected chi connectivity index (χ0v) is 14.9. The van der Waals surface area contributed by atoms with Crippen molar-refractivity contribution in [1.82, 2.24) is 0 Å². The van der Waals surface area contributed by atoms with Gasteiger partial charge in [0.15, 0.2) is 12.4 Å². The molecule has 0 fully saturated rings. The fourth-order valence-corrected chi connectivity index (χ4v) is 2.98. The molecular weight excluding hydrogens is 414 g/mol. The monoisotopic (exact) mass is 425 g/mol. The van der Waals surface area contributed by atoms with Crippen molar-refractivity contribution < 1.29 is 14.3 Å². The van der Waals surface area contributed by atoms with Crippen molar-refractivity contribution in [2.45, 2.75) is 6.92 Å². The van der Waals surface area contributed by atoms with Crippen molar-refractivity contribution in [3.8, 4) is 5.75 Å². The largest absolute Gasteiger partial charge is 0.483 e. The van der Waals surface area contributed by atoms with Gasteiger partial charge in [-0.05, 0) is 53.2 Å². The molecule has 1 N–H and O–H groups in total. The van der Waals surface area contributed by atoms with Gasteiger partial charge in [0, 0.05) is 10.0 Å². The van der Waals surface area contributed by atoms with E-state index >= 15 is 0 Å². The second kappa shape index (κ2) is 7.56. The molecule has 0 aliphatic carbocycles. The maximum atomic E-state index is 12.0. The Morgan fingerprint density at radius 2 is 1.86 bits per heavy atom. The number of benzene rings is 2. The van der Waals surface area contributed by atoms with Crippen molar-refractivity contribution in [3.05, 3.63) is 57.0 Å². The summed E-state index contributed by atoms with van der Waals surface area (Å²) >= 11 is 6.71. The number of rotatable bonds is 5. The van der Waals surface area contributed by atoms with Crippen LogP contribution in [0.5, 0.6) is 5.75 Å². The molecule has 2 aromatic rings. The summed E-state index contributed by atoms with van der Waals surface area (Å²) in [7, 11) is 0. The quantitative estimate of drug-likeness (QED) is 0.719.